The lowest BCUT2D eigenvalue weighted by molar-refractivity contribution is -0.154. The van der Waals surface area contributed by atoms with Crippen molar-refractivity contribution in [1.29, 1.82) is 0 Å². The molecule has 6 nitrogen and oxygen atoms in total. The van der Waals surface area contributed by atoms with Crippen molar-refractivity contribution < 1.29 is 24.2 Å². The first-order chi connectivity index (χ1) is 9.63. The summed E-state index contributed by atoms with van der Waals surface area (Å²) >= 11 is 0. The number of benzene rings is 1. The van der Waals surface area contributed by atoms with Gasteiger partial charge in [0.1, 0.15) is 0 Å². The molecule has 20 heavy (non-hydrogen) atoms. The van der Waals surface area contributed by atoms with E-state index in [0.717, 1.165) is 5.56 Å². The third-order valence-corrected chi connectivity index (χ3v) is 3.18. The summed E-state index contributed by atoms with van der Waals surface area (Å²) in [7, 11) is 1.57. The summed E-state index contributed by atoms with van der Waals surface area (Å²) in [5.41, 5.74) is 1.33. The van der Waals surface area contributed by atoms with Crippen molar-refractivity contribution >= 4 is 11.9 Å². The van der Waals surface area contributed by atoms with Crippen molar-refractivity contribution in [3.05, 3.63) is 35.4 Å². The highest BCUT2D eigenvalue weighted by atomic mass is 16.5. The van der Waals surface area contributed by atoms with E-state index in [1.165, 1.54) is 4.90 Å². The van der Waals surface area contributed by atoms with Gasteiger partial charge in [0, 0.05) is 19.2 Å². The fraction of sp³-hybridized carbons (Fsp3) is 0.429. The Hall–Kier alpha value is -1.92. The highest BCUT2D eigenvalue weighted by molar-refractivity contribution is 5.96. The number of morpholine rings is 1. The van der Waals surface area contributed by atoms with Gasteiger partial charge in [0.25, 0.3) is 5.91 Å². The van der Waals surface area contributed by atoms with Crippen LogP contribution in [-0.4, -0.2) is 54.8 Å². The molecule has 0 saturated carbocycles. The number of hydrogen-bond donors (Lipinski definition) is 1. The molecule has 0 aliphatic carbocycles. The van der Waals surface area contributed by atoms with E-state index in [1.807, 2.05) is 12.1 Å². The van der Waals surface area contributed by atoms with Crippen molar-refractivity contribution in [2.75, 3.05) is 26.8 Å². The third-order valence-electron chi connectivity index (χ3n) is 3.18. The second-order valence-corrected chi connectivity index (χ2v) is 4.54. The Kier molecular flexibility index (Phi) is 4.70. The fourth-order valence-corrected chi connectivity index (χ4v) is 2.16. The van der Waals surface area contributed by atoms with E-state index < -0.39 is 12.1 Å². The number of rotatable bonds is 4. The van der Waals surface area contributed by atoms with Crippen LogP contribution in [0.1, 0.15) is 15.9 Å². The first kappa shape index (κ1) is 14.5. The molecule has 1 aromatic rings. The first-order valence-electron chi connectivity index (χ1n) is 6.34. The Balaban J connectivity index is 2.16. The number of amides is 1. The zero-order chi connectivity index (χ0) is 14.5. The average Bonchev–Trinajstić information content (AvgIpc) is 2.47. The standard InChI is InChI=1S/C14H17NO5/c1-19-9-10-4-2-3-5-11(10)13(16)15-6-7-20-12(8-15)14(17)18/h2-5,12H,6-9H2,1H3,(H,17,18)/t12-/m0/s1. The van der Waals surface area contributed by atoms with Crippen molar-refractivity contribution in [1.82, 2.24) is 4.90 Å². The number of carbonyl (C=O) groups is 2. The highest BCUT2D eigenvalue weighted by Gasteiger charge is 2.30. The Bertz CT molecular complexity index is 502. The molecule has 108 valence electrons. The third kappa shape index (κ3) is 3.15. The number of aliphatic carboxylic acids is 1. The van der Waals surface area contributed by atoms with Crippen molar-refractivity contribution in [3.8, 4) is 0 Å². The molecule has 1 heterocycles. The molecular formula is C14H17NO5. The second-order valence-electron chi connectivity index (χ2n) is 4.54. The zero-order valence-corrected chi connectivity index (χ0v) is 11.2. The van der Waals surface area contributed by atoms with Crippen molar-refractivity contribution in [2.24, 2.45) is 0 Å². The molecule has 0 radical (unpaired) electrons. The molecule has 0 spiro atoms. The molecule has 1 fully saturated rings. The van der Waals surface area contributed by atoms with Gasteiger partial charge in [-0.2, -0.15) is 0 Å². The summed E-state index contributed by atoms with van der Waals surface area (Å²) in [6.07, 6.45) is -0.956. The van der Waals surface area contributed by atoms with E-state index in [2.05, 4.69) is 0 Å². The Morgan fingerprint density at radius 1 is 1.45 bits per heavy atom. The second kappa shape index (κ2) is 6.49. The number of ether oxygens (including phenoxy) is 2. The number of hydrogen-bond acceptors (Lipinski definition) is 4. The molecule has 1 aliphatic rings. The maximum atomic E-state index is 12.5. The molecule has 1 amide bonds. The molecule has 1 atom stereocenters. The quantitative estimate of drug-likeness (QED) is 0.880. The van der Waals surface area contributed by atoms with E-state index in [-0.39, 0.29) is 19.1 Å². The molecule has 6 heteroatoms. The first-order valence-corrected chi connectivity index (χ1v) is 6.34. The van der Waals surface area contributed by atoms with Crippen LogP contribution in [0.15, 0.2) is 24.3 Å². The molecule has 0 unspecified atom stereocenters. The van der Waals surface area contributed by atoms with Crippen LogP contribution < -0.4 is 0 Å². The van der Waals surface area contributed by atoms with Crippen LogP contribution in [-0.2, 0) is 20.9 Å². The lowest BCUT2D eigenvalue weighted by Gasteiger charge is -2.31. The van der Waals surface area contributed by atoms with Gasteiger partial charge >= 0.3 is 5.97 Å². The Morgan fingerprint density at radius 2 is 2.20 bits per heavy atom. The van der Waals surface area contributed by atoms with Crippen molar-refractivity contribution in [3.63, 3.8) is 0 Å². The topological polar surface area (TPSA) is 76.1 Å². The number of nitrogens with zero attached hydrogens (tertiary/aromatic N) is 1. The maximum Gasteiger partial charge on any atom is 0.334 e. The van der Waals surface area contributed by atoms with Crippen LogP contribution in [0.4, 0.5) is 0 Å². The number of carbonyl (C=O) groups excluding carboxylic acids is 1. The van der Waals surface area contributed by atoms with Gasteiger partial charge in [0.05, 0.1) is 19.8 Å². The van der Waals surface area contributed by atoms with E-state index in [0.29, 0.717) is 18.7 Å². The summed E-state index contributed by atoms with van der Waals surface area (Å²) in [6, 6.07) is 7.17. The smallest absolute Gasteiger partial charge is 0.334 e. The van der Waals surface area contributed by atoms with Crippen molar-refractivity contribution in [2.45, 2.75) is 12.7 Å². The number of methoxy groups -OCH3 is 1. The normalized spacial score (nSPS) is 18.9. The van der Waals surface area contributed by atoms with E-state index >= 15 is 0 Å². The van der Waals surface area contributed by atoms with Crippen LogP contribution in [0.3, 0.4) is 0 Å². The maximum absolute atomic E-state index is 12.5. The van der Waals surface area contributed by atoms with Crippen LogP contribution >= 0.6 is 0 Å². The lowest BCUT2D eigenvalue weighted by Crippen LogP contribution is -2.48. The van der Waals surface area contributed by atoms with Gasteiger partial charge < -0.3 is 19.5 Å². The molecule has 1 aromatic carbocycles. The molecule has 0 bridgehead atoms. The summed E-state index contributed by atoms with van der Waals surface area (Å²) < 4.78 is 10.2. The monoisotopic (exact) mass is 279 g/mol. The van der Waals surface area contributed by atoms with Gasteiger partial charge in [-0.1, -0.05) is 18.2 Å². The minimum Gasteiger partial charge on any atom is -0.479 e. The van der Waals surface area contributed by atoms with E-state index in [1.54, 1.807) is 19.2 Å². The molecular weight excluding hydrogens is 262 g/mol. The average molecular weight is 279 g/mol. The van der Waals surface area contributed by atoms with Gasteiger partial charge in [0.2, 0.25) is 0 Å². The summed E-state index contributed by atoms with van der Waals surface area (Å²) in [5, 5.41) is 8.96. The van der Waals surface area contributed by atoms with Gasteiger partial charge in [-0.25, -0.2) is 4.79 Å². The molecule has 0 aromatic heterocycles. The van der Waals surface area contributed by atoms with E-state index in [4.69, 9.17) is 14.6 Å². The largest absolute Gasteiger partial charge is 0.479 e. The van der Waals surface area contributed by atoms with Crippen LogP contribution in [0, 0.1) is 0 Å². The van der Waals surface area contributed by atoms with Gasteiger partial charge in [-0.15, -0.1) is 0 Å². The van der Waals surface area contributed by atoms with E-state index in [9.17, 15) is 9.59 Å². The van der Waals surface area contributed by atoms with Crippen LogP contribution in [0.2, 0.25) is 0 Å². The van der Waals surface area contributed by atoms with Crippen LogP contribution in [0.25, 0.3) is 0 Å². The number of carboxylic acids is 1. The van der Waals surface area contributed by atoms with Gasteiger partial charge in [0.15, 0.2) is 6.10 Å². The summed E-state index contributed by atoms with van der Waals surface area (Å²) in [5.74, 6) is -1.24. The predicted molar refractivity (Wildman–Crippen MR) is 70.4 cm³/mol. The summed E-state index contributed by atoms with van der Waals surface area (Å²) in [6.45, 7) is 1.03. The molecule has 2 rings (SSSR count). The minimum absolute atomic E-state index is 0.0650. The number of carboxylic acid groups (broad SMARTS) is 1. The lowest BCUT2D eigenvalue weighted by atomic mass is 10.1. The SMILES string of the molecule is COCc1ccccc1C(=O)N1CCO[C@H](C(=O)O)C1. The van der Waals surface area contributed by atoms with Gasteiger partial charge in [-0.3, -0.25) is 4.79 Å². The zero-order valence-electron chi connectivity index (χ0n) is 11.2. The fourth-order valence-electron chi connectivity index (χ4n) is 2.16. The Morgan fingerprint density at radius 3 is 2.90 bits per heavy atom. The molecule has 1 aliphatic heterocycles. The predicted octanol–water partition coefficient (Wildman–Crippen LogP) is 0.759. The summed E-state index contributed by atoms with van der Waals surface area (Å²) in [4.78, 5) is 24.9. The highest BCUT2D eigenvalue weighted by Crippen LogP contribution is 2.15. The molecule has 1 N–H and O–H groups in total. The van der Waals surface area contributed by atoms with Crippen LogP contribution in [0.5, 0.6) is 0 Å². The Labute approximate surface area is 116 Å². The minimum atomic E-state index is -1.05. The van der Waals surface area contributed by atoms with Gasteiger partial charge in [-0.05, 0) is 11.6 Å². The molecule has 1 saturated heterocycles.